The van der Waals surface area contributed by atoms with Crippen LogP contribution >= 0.6 is 0 Å². The second-order valence-electron chi connectivity index (χ2n) is 4.96. The third-order valence-electron chi connectivity index (χ3n) is 3.71. The predicted molar refractivity (Wildman–Crippen MR) is 74.4 cm³/mol. The van der Waals surface area contributed by atoms with E-state index < -0.39 is 0 Å². The Bertz CT molecular complexity index is 404. The number of benzene rings is 1. The van der Waals surface area contributed by atoms with Crippen molar-refractivity contribution in [2.24, 2.45) is 5.92 Å². The van der Waals surface area contributed by atoms with E-state index in [-0.39, 0.29) is 6.10 Å². The molecular formula is C15H23NO3. The Morgan fingerprint density at radius 1 is 1.21 bits per heavy atom. The lowest BCUT2D eigenvalue weighted by Crippen LogP contribution is -2.32. The monoisotopic (exact) mass is 265 g/mol. The zero-order valence-electron chi connectivity index (χ0n) is 11.7. The zero-order valence-corrected chi connectivity index (χ0v) is 11.7. The highest BCUT2D eigenvalue weighted by Gasteiger charge is 2.15. The Labute approximate surface area is 114 Å². The number of hydrogen-bond donors (Lipinski definition) is 2. The van der Waals surface area contributed by atoms with E-state index in [1.54, 1.807) is 0 Å². The maximum atomic E-state index is 10.0. The van der Waals surface area contributed by atoms with Crippen molar-refractivity contribution in [3.63, 3.8) is 0 Å². The molecule has 0 aliphatic carbocycles. The van der Waals surface area contributed by atoms with Gasteiger partial charge in [-0.2, -0.15) is 0 Å². The van der Waals surface area contributed by atoms with Crippen LogP contribution in [0.15, 0.2) is 18.2 Å². The highest BCUT2D eigenvalue weighted by molar-refractivity contribution is 5.44. The largest absolute Gasteiger partial charge is 0.454 e. The maximum Gasteiger partial charge on any atom is 0.231 e. The molecule has 1 atom stereocenters. The third kappa shape index (κ3) is 3.61. The summed E-state index contributed by atoms with van der Waals surface area (Å²) in [6.45, 7) is 5.90. The van der Waals surface area contributed by atoms with Gasteiger partial charge in [-0.1, -0.05) is 32.8 Å². The van der Waals surface area contributed by atoms with Crippen LogP contribution in [-0.2, 0) is 6.54 Å². The third-order valence-corrected chi connectivity index (χ3v) is 3.71. The van der Waals surface area contributed by atoms with Crippen molar-refractivity contribution >= 4 is 0 Å². The number of hydrogen-bond acceptors (Lipinski definition) is 4. The van der Waals surface area contributed by atoms with Crippen molar-refractivity contribution < 1.29 is 14.6 Å². The Balaban J connectivity index is 1.79. The van der Waals surface area contributed by atoms with E-state index >= 15 is 0 Å². The second kappa shape index (κ2) is 6.78. The topological polar surface area (TPSA) is 50.7 Å². The molecule has 0 spiro atoms. The summed E-state index contributed by atoms with van der Waals surface area (Å²) in [5.41, 5.74) is 1.14. The van der Waals surface area contributed by atoms with Gasteiger partial charge in [0.1, 0.15) is 0 Å². The van der Waals surface area contributed by atoms with Gasteiger partial charge in [0.25, 0.3) is 0 Å². The summed E-state index contributed by atoms with van der Waals surface area (Å²) in [6, 6.07) is 5.93. The van der Waals surface area contributed by atoms with Gasteiger partial charge in [0.15, 0.2) is 11.5 Å². The molecule has 0 bridgehead atoms. The Kier molecular flexibility index (Phi) is 5.05. The van der Waals surface area contributed by atoms with Crippen molar-refractivity contribution in [3.05, 3.63) is 23.8 Å². The van der Waals surface area contributed by atoms with E-state index in [0.29, 0.717) is 19.3 Å². The molecule has 1 heterocycles. The van der Waals surface area contributed by atoms with Gasteiger partial charge < -0.3 is 19.9 Å². The van der Waals surface area contributed by atoms with Gasteiger partial charge in [-0.3, -0.25) is 0 Å². The number of aliphatic hydroxyl groups excluding tert-OH is 1. The first kappa shape index (κ1) is 14.2. The number of rotatable bonds is 7. The molecule has 1 aliphatic rings. The predicted octanol–water partition coefficient (Wildman–Crippen LogP) is 2.30. The molecule has 1 aromatic carbocycles. The van der Waals surface area contributed by atoms with E-state index in [0.717, 1.165) is 36.4 Å². The Hall–Kier alpha value is -1.26. The van der Waals surface area contributed by atoms with Crippen LogP contribution in [0.4, 0.5) is 0 Å². The number of ether oxygens (including phenoxy) is 2. The molecule has 0 radical (unpaired) electrons. The minimum atomic E-state index is -0.274. The fraction of sp³-hybridized carbons (Fsp3) is 0.600. The average Bonchev–Trinajstić information content (AvgIpc) is 2.87. The summed E-state index contributed by atoms with van der Waals surface area (Å²) in [4.78, 5) is 0. The molecule has 0 saturated heterocycles. The van der Waals surface area contributed by atoms with Crippen molar-refractivity contribution in [3.8, 4) is 11.5 Å². The quantitative estimate of drug-likeness (QED) is 0.794. The van der Waals surface area contributed by atoms with Crippen molar-refractivity contribution in [2.45, 2.75) is 39.3 Å². The van der Waals surface area contributed by atoms with E-state index in [2.05, 4.69) is 19.2 Å². The highest BCUT2D eigenvalue weighted by Crippen LogP contribution is 2.32. The molecule has 106 valence electrons. The Morgan fingerprint density at radius 2 is 1.95 bits per heavy atom. The van der Waals surface area contributed by atoms with Crippen LogP contribution in [-0.4, -0.2) is 24.5 Å². The van der Waals surface area contributed by atoms with E-state index in [1.807, 2.05) is 18.2 Å². The van der Waals surface area contributed by atoms with E-state index in [4.69, 9.17) is 9.47 Å². The van der Waals surface area contributed by atoms with Crippen LogP contribution in [0.1, 0.15) is 32.3 Å². The fourth-order valence-electron chi connectivity index (χ4n) is 2.41. The lowest BCUT2D eigenvalue weighted by atomic mass is 9.96. The normalized spacial score (nSPS) is 14.9. The van der Waals surface area contributed by atoms with Crippen molar-refractivity contribution in [1.82, 2.24) is 5.32 Å². The lowest BCUT2D eigenvalue weighted by Gasteiger charge is -2.20. The first-order valence-corrected chi connectivity index (χ1v) is 7.01. The summed E-state index contributed by atoms with van der Waals surface area (Å²) in [5, 5.41) is 13.3. The summed E-state index contributed by atoms with van der Waals surface area (Å²) in [5.74, 6) is 1.99. The molecule has 19 heavy (non-hydrogen) atoms. The molecule has 2 rings (SSSR count). The summed E-state index contributed by atoms with van der Waals surface area (Å²) >= 11 is 0. The van der Waals surface area contributed by atoms with Gasteiger partial charge in [0.05, 0.1) is 6.10 Å². The average molecular weight is 265 g/mol. The molecule has 0 fully saturated rings. The van der Waals surface area contributed by atoms with Crippen LogP contribution in [0.5, 0.6) is 11.5 Å². The van der Waals surface area contributed by atoms with Crippen LogP contribution in [0.2, 0.25) is 0 Å². The minimum absolute atomic E-state index is 0.274. The molecule has 0 saturated carbocycles. The number of nitrogens with one attached hydrogen (secondary N) is 1. The van der Waals surface area contributed by atoms with Crippen molar-refractivity contribution in [2.75, 3.05) is 13.3 Å². The van der Waals surface area contributed by atoms with Gasteiger partial charge >= 0.3 is 0 Å². The molecule has 4 nitrogen and oxygen atoms in total. The molecule has 0 aromatic heterocycles. The SMILES string of the molecule is CCC(CC)C(O)CNCc1ccc2c(c1)OCO2. The van der Waals surface area contributed by atoms with Crippen molar-refractivity contribution in [1.29, 1.82) is 0 Å². The molecule has 1 aliphatic heterocycles. The van der Waals surface area contributed by atoms with Gasteiger partial charge in [0.2, 0.25) is 6.79 Å². The van der Waals surface area contributed by atoms with Gasteiger partial charge in [0, 0.05) is 13.1 Å². The molecule has 1 aromatic rings. The van der Waals surface area contributed by atoms with Gasteiger partial charge in [-0.25, -0.2) is 0 Å². The highest BCUT2D eigenvalue weighted by atomic mass is 16.7. The first-order chi connectivity index (χ1) is 9.24. The molecule has 0 amide bonds. The van der Waals surface area contributed by atoms with Crippen LogP contribution < -0.4 is 14.8 Å². The molecule has 2 N–H and O–H groups in total. The van der Waals surface area contributed by atoms with E-state index in [9.17, 15) is 5.11 Å². The summed E-state index contributed by atoms with van der Waals surface area (Å²) in [6.07, 6.45) is 1.76. The van der Waals surface area contributed by atoms with E-state index in [1.165, 1.54) is 0 Å². The second-order valence-corrected chi connectivity index (χ2v) is 4.96. The van der Waals surface area contributed by atoms with Crippen LogP contribution in [0.3, 0.4) is 0 Å². The van der Waals surface area contributed by atoms with Crippen LogP contribution in [0, 0.1) is 5.92 Å². The lowest BCUT2D eigenvalue weighted by molar-refractivity contribution is 0.101. The zero-order chi connectivity index (χ0) is 13.7. The molecule has 1 unspecified atom stereocenters. The Morgan fingerprint density at radius 3 is 2.68 bits per heavy atom. The number of fused-ring (bicyclic) bond motifs is 1. The van der Waals surface area contributed by atoms with Gasteiger partial charge in [-0.15, -0.1) is 0 Å². The fourth-order valence-corrected chi connectivity index (χ4v) is 2.41. The maximum absolute atomic E-state index is 10.0. The standard InChI is InChI=1S/C15H23NO3/c1-3-12(4-2)13(17)9-16-8-11-5-6-14-15(7-11)19-10-18-14/h5-7,12-13,16-17H,3-4,8-10H2,1-2H3. The molecular weight excluding hydrogens is 242 g/mol. The van der Waals surface area contributed by atoms with Crippen LogP contribution in [0.25, 0.3) is 0 Å². The number of aliphatic hydroxyl groups is 1. The first-order valence-electron chi connectivity index (χ1n) is 7.01. The molecule has 4 heteroatoms. The summed E-state index contributed by atoms with van der Waals surface area (Å²) < 4.78 is 10.6. The minimum Gasteiger partial charge on any atom is -0.454 e. The smallest absolute Gasteiger partial charge is 0.231 e. The van der Waals surface area contributed by atoms with Gasteiger partial charge in [-0.05, 0) is 23.6 Å². The summed E-state index contributed by atoms with van der Waals surface area (Å²) in [7, 11) is 0.